The minimum Gasteiger partial charge on any atom is -0.325 e. The van der Waals surface area contributed by atoms with Gasteiger partial charge in [-0.2, -0.15) is 10.5 Å². The van der Waals surface area contributed by atoms with Gasteiger partial charge in [0.25, 0.3) is 0 Å². The summed E-state index contributed by atoms with van der Waals surface area (Å²) in [5.41, 5.74) is 0.151. The van der Waals surface area contributed by atoms with Gasteiger partial charge >= 0.3 is 0 Å². The summed E-state index contributed by atoms with van der Waals surface area (Å²) < 4.78 is 12.9. The van der Waals surface area contributed by atoms with Crippen LogP contribution in [-0.2, 0) is 4.79 Å². The third kappa shape index (κ3) is 2.78. The number of rotatable bonds is 2. The van der Waals surface area contributed by atoms with Crippen molar-refractivity contribution in [3.8, 4) is 12.1 Å². The van der Waals surface area contributed by atoms with Crippen LogP contribution in [0.2, 0.25) is 0 Å². The number of carbonyl (C=O) groups is 1. The molecule has 0 aliphatic heterocycles. The van der Waals surface area contributed by atoms with E-state index in [1.54, 1.807) is 12.1 Å². The van der Waals surface area contributed by atoms with E-state index in [0.29, 0.717) is 5.69 Å². The number of halogens is 1. The molecule has 0 radical (unpaired) electrons. The van der Waals surface area contributed by atoms with Gasteiger partial charge in [-0.1, -0.05) is 0 Å². The largest absolute Gasteiger partial charge is 0.325 e. The van der Waals surface area contributed by atoms with Gasteiger partial charge in [0.2, 0.25) is 5.91 Å². The fourth-order valence-electron chi connectivity index (χ4n) is 0.966. The molecule has 0 heterocycles. The molecule has 4 nitrogen and oxygen atoms in total. The zero-order chi connectivity index (χ0) is 11.3. The molecule has 0 aliphatic rings. The van der Waals surface area contributed by atoms with Crippen LogP contribution in [0.5, 0.6) is 0 Å². The number of carbonyl (C=O) groups excluding carboxylic acids is 1. The SMILES string of the molecule is N#CCC(=O)Nc1ccc(F)c(C#N)c1. The van der Waals surface area contributed by atoms with Crippen molar-refractivity contribution in [3.63, 3.8) is 0 Å². The summed E-state index contributed by atoms with van der Waals surface area (Å²) in [4.78, 5) is 11.0. The lowest BCUT2D eigenvalue weighted by atomic mass is 10.2. The van der Waals surface area contributed by atoms with Crippen molar-refractivity contribution in [2.45, 2.75) is 6.42 Å². The lowest BCUT2D eigenvalue weighted by Crippen LogP contribution is -2.10. The quantitative estimate of drug-likeness (QED) is 0.792. The summed E-state index contributed by atoms with van der Waals surface area (Å²) in [6.07, 6.45) is -0.279. The molecule has 0 saturated heterocycles. The van der Waals surface area contributed by atoms with Crippen LogP contribution in [-0.4, -0.2) is 5.91 Å². The maximum atomic E-state index is 12.9. The summed E-state index contributed by atoms with van der Waals surface area (Å²) >= 11 is 0. The summed E-state index contributed by atoms with van der Waals surface area (Å²) in [7, 11) is 0. The van der Waals surface area contributed by atoms with Crippen LogP contribution in [0.25, 0.3) is 0 Å². The Morgan fingerprint density at radius 3 is 2.80 bits per heavy atom. The van der Waals surface area contributed by atoms with Crippen molar-refractivity contribution in [1.82, 2.24) is 0 Å². The molecule has 74 valence electrons. The second kappa shape index (κ2) is 4.73. The molecule has 0 aromatic heterocycles. The van der Waals surface area contributed by atoms with E-state index >= 15 is 0 Å². The Bertz CT molecular complexity index is 471. The molecule has 1 N–H and O–H groups in total. The number of benzene rings is 1. The van der Waals surface area contributed by atoms with Gasteiger partial charge in [-0.25, -0.2) is 4.39 Å². The molecule has 1 aromatic rings. The Morgan fingerprint density at radius 2 is 2.20 bits per heavy atom. The zero-order valence-corrected chi connectivity index (χ0v) is 7.62. The van der Waals surface area contributed by atoms with Crippen LogP contribution in [0.1, 0.15) is 12.0 Å². The van der Waals surface area contributed by atoms with Crippen molar-refractivity contribution < 1.29 is 9.18 Å². The number of hydrogen-bond donors (Lipinski definition) is 1. The van der Waals surface area contributed by atoms with Crippen molar-refractivity contribution in [3.05, 3.63) is 29.6 Å². The molecule has 0 atom stereocenters. The standard InChI is InChI=1S/C10H6FN3O/c11-9-2-1-8(5-7(9)6-13)14-10(15)3-4-12/h1-2,5H,3H2,(H,14,15). The Kier molecular flexibility index (Phi) is 3.37. The lowest BCUT2D eigenvalue weighted by molar-refractivity contribution is -0.115. The number of anilines is 1. The van der Waals surface area contributed by atoms with Crippen molar-refractivity contribution in [2.24, 2.45) is 0 Å². The molecule has 0 unspecified atom stereocenters. The van der Waals surface area contributed by atoms with E-state index in [1.165, 1.54) is 12.1 Å². The first-order chi connectivity index (χ1) is 7.17. The summed E-state index contributed by atoms with van der Waals surface area (Å²) in [6.45, 7) is 0. The summed E-state index contributed by atoms with van der Waals surface area (Å²) in [5.74, 6) is -1.14. The van der Waals surface area contributed by atoms with Gasteiger partial charge in [-0.3, -0.25) is 4.79 Å². The smallest absolute Gasteiger partial charge is 0.238 e. The van der Waals surface area contributed by atoms with Crippen LogP contribution in [0.3, 0.4) is 0 Å². The Hall–Kier alpha value is -2.40. The number of nitrogens with zero attached hydrogens (tertiary/aromatic N) is 2. The first-order valence-electron chi connectivity index (χ1n) is 4.04. The van der Waals surface area contributed by atoms with E-state index in [1.807, 2.05) is 0 Å². The predicted molar refractivity (Wildman–Crippen MR) is 50.0 cm³/mol. The Balaban J connectivity index is 2.85. The molecule has 0 spiro atoms. The van der Waals surface area contributed by atoms with Gasteiger partial charge in [-0.15, -0.1) is 0 Å². The van der Waals surface area contributed by atoms with E-state index in [2.05, 4.69) is 5.32 Å². The van der Waals surface area contributed by atoms with Crippen LogP contribution < -0.4 is 5.32 Å². The fourth-order valence-corrected chi connectivity index (χ4v) is 0.966. The molecule has 1 amide bonds. The van der Waals surface area contributed by atoms with Crippen LogP contribution in [0.4, 0.5) is 10.1 Å². The summed E-state index contributed by atoms with van der Waals surface area (Å²) in [6, 6.07) is 6.95. The van der Waals surface area contributed by atoms with E-state index in [-0.39, 0.29) is 12.0 Å². The highest BCUT2D eigenvalue weighted by molar-refractivity contribution is 5.92. The molecular formula is C10H6FN3O. The second-order valence-electron chi connectivity index (χ2n) is 2.69. The van der Waals surface area contributed by atoms with Gasteiger partial charge in [0.15, 0.2) is 0 Å². The molecule has 1 rings (SSSR count). The molecule has 5 heteroatoms. The fraction of sp³-hybridized carbons (Fsp3) is 0.100. The number of nitrogens with one attached hydrogen (secondary N) is 1. The van der Waals surface area contributed by atoms with Gasteiger partial charge in [-0.05, 0) is 18.2 Å². The number of nitriles is 2. The zero-order valence-electron chi connectivity index (χ0n) is 7.62. The highest BCUT2D eigenvalue weighted by Crippen LogP contribution is 2.13. The molecular weight excluding hydrogens is 197 g/mol. The minimum absolute atomic E-state index is 0.148. The molecule has 0 aliphatic carbocycles. The lowest BCUT2D eigenvalue weighted by Gasteiger charge is -2.02. The van der Waals surface area contributed by atoms with E-state index in [4.69, 9.17) is 10.5 Å². The van der Waals surface area contributed by atoms with Gasteiger partial charge in [0, 0.05) is 5.69 Å². The minimum atomic E-state index is -0.643. The van der Waals surface area contributed by atoms with Gasteiger partial charge in [0.1, 0.15) is 18.3 Å². The monoisotopic (exact) mass is 203 g/mol. The highest BCUT2D eigenvalue weighted by Gasteiger charge is 2.05. The normalized spacial score (nSPS) is 8.73. The Labute approximate surface area is 85.6 Å². The van der Waals surface area contributed by atoms with E-state index in [9.17, 15) is 9.18 Å². The molecule has 15 heavy (non-hydrogen) atoms. The topological polar surface area (TPSA) is 76.7 Å². The molecule has 0 saturated carbocycles. The maximum Gasteiger partial charge on any atom is 0.238 e. The molecule has 0 fully saturated rings. The van der Waals surface area contributed by atoms with Crippen molar-refractivity contribution >= 4 is 11.6 Å². The van der Waals surface area contributed by atoms with Crippen LogP contribution in [0.15, 0.2) is 18.2 Å². The highest BCUT2D eigenvalue weighted by atomic mass is 19.1. The third-order valence-electron chi connectivity index (χ3n) is 1.61. The second-order valence-corrected chi connectivity index (χ2v) is 2.69. The van der Waals surface area contributed by atoms with Crippen LogP contribution >= 0.6 is 0 Å². The molecule has 0 bridgehead atoms. The number of amides is 1. The first-order valence-corrected chi connectivity index (χ1v) is 4.04. The average molecular weight is 203 g/mol. The van der Waals surface area contributed by atoms with Crippen molar-refractivity contribution in [2.75, 3.05) is 5.32 Å². The van der Waals surface area contributed by atoms with Gasteiger partial charge in [0.05, 0.1) is 11.6 Å². The van der Waals surface area contributed by atoms with Crippen LogP contribution in [0, 0.1) is 28.5 Å². The first kappa shape index (κ1) is 10.7. The average Bonchev–Trinajstić information content (AvgIpc) is 2.21. The molecule has 1 aromatic carbocycles. The Morgan fingerprint density at radius 1 is 1.47 bits per heavy atom. The maximum absolute atomic E-state index is 12.9. The van der Waals surface area contributed by atoms with E-state index < -0.39 is 11.7 Å². The third-order valence-corrected chi connectivity index (χ3v) is 1.61. The van der Waals surface area contributed by atoms with E-state index in [0.717, 1.165) is 6.07 Å². The number of hydrogen-bond acceptors (Lipinski definition) is 3. The van der Waals surface area contributed by atoms with Gasteiger partial charge < -0.3 is 5.32 Å². The predicted octanol–water partition coefficient (Wildman–Crippen LogP) is 1.55. The van der Waals surface area contributed by atoms with Crippen molar-refractivity contribution in [1.29, 1.82) is 10.5 Å². The summed E-state index contributed by atoms with van der Waals surface area (Å²) in [5, 5.41) is 19.1.